The molecule has 0 N–H and O–H groups in total. The van der Waals surface area contributed by atoms with Crippen molar-refractivity contribution in [2.45, 2.75) is 25.8 Å². The van der Waals surface area contributed by atoms with Crippen LogP contribution in [0.5, 0.6) is 0 Å². The Bertz CT molecular complexity index is 1090. The van der Waals surface area contributed by atoms with Crippen LogP contribution in [0, 0.1) is 0 Å². The minimum Gasteiger partial charge on any atom is -0.341 e. The van der Waals surface area contributed by atoms with Gasteiger partial charge < -0.3 is 4.90 Å². The standard InChI is InChI=1S/C22H26N4O2S/c1-3-29(27,28)25(2)18-13-15-26(16-14-18)22-23-20-12-8-7-11-19(20)21(24-22)17-9-5-4-6-10-17/h4-12,18H,3,13-16H2,1-2H3. The Morgan fingerprint density at radius 1 is 1.00 bits per heavy atom. The van der Waals surface area contributed by atoms with Gasteiger partial charge in [-0.25, -0.2) is 22.7 Å². The third-order valence-corrected chi connectivity index (χ3v) is 7.61. The first-order chi connectivity index (χ1) is 14.0. The van der Waals surface area contributed by atoms with Crippen molar-refractivity contribution in [2.24, 2.45) is 0 Å². The van der Waals surface area contributed by atoms with Gasteiger partial charge in [0, 0.05) is 37.1 Å². The number of piperidine rings is 1. The van der Waals surface area contributed by atoms with Gasteiger partial charge >= 0.3 is 0 Å². The SMILES string of the molecule is CCS(=O)(=O)N(C)C1CCN(c2nc(-c3ccccc3)c3ccccc3n2)CC1. The number of aromatic nitrogens is 2. The number of hydrogen-bond acceptors (Lipinski definition) is 5. The van der Waals surface area contributed by atoms with Crippen LogP contribution in [0.2, 0.25) is 0 Å². The molecule has 0 bridgehead atoms. The molecule has 0 radical (unpaired) electrons. The molecule has 1 aromatic heterocycles. The molecule has 4 rings (SSSR count). The van der Waals surface area contributed by atoms with Crippen molar-refractivity contribution in [3.05, 3.63) is 54.6 Å². The smallest absolute Gasteiger partial charge is 0.226 e. The second-order valence-corrected chi connectivity index (χ2v) is 9.71. The number of rotatable bonds is 5. The lowest BCUT2D eigenvalue weighted by atomic mass is 10.1. The third kappa shape index (κ3) is 3.97. The minimum atomic E-state index is -3.17. The molecule has 1 aliphatic heterocycles. The molecule has 0 amide bonds. The lowest BCUT2D eigenvalue weighted by Gasteiger charge is -2.36. The summed E-state index contributed by atoms with van der Waals surface area (Å²) in [7, 11) is -1.47. The van der Waals surface area contributed by atoms with Gasteiger partial charge in [-0.15, -0.1) is 0 Å². The largest absolute Gasteiger partial charge is 0.341 e. The van der Waals surface area contributed by atoms with E-state index in [1.165, 1.54) is 0 Å². The van der Waals surface area contributed by atoms with Crippen LogP contribution in [-0.4, -0.2) is 54.6 Å². The Labute approximate surface area is 172 Å². The molecule has 1 aliphatic rings. The van der Waals surface area contributed by atoms with E-state index in [0.717, 1.165) is 48.1 Å². The molecule has 1 saturated heterocycles. The van der Waals surface area contributed by atoms with Crippen molar-refractivity contribution >= 4 is 26.9 Å². The number of fused-ring (bicyclic) bond motifs is 1. The van der Waals surface area contributed by atoms with Gasteiger partial charge in [-0.05, 0) is 25.8 Å². The van der Waals surface area contributed by atoms with Gasteiger partial charge in [0.25, 0.3) is 0 Å². The number of hydrogen-bond donors (Lipinski definition) is 0. The molecule has 29 heavy (non-hydrogen) atoms. The minimum absolute atomic E-state index is 0.0326. The molecule has 2 heterocycles. The summed E-state index contributed by atoms with van der Waals surface area (Å²) in [5.74, 6) is 0.847. The monoisotopic (exact) mass is 410 g/mol. The number of sulfonamides is 1. The van der Waals surface area contributed by atoms with E-state index in [9.17, 15) is 8.42 Å². The van der Waals surface area contributed by atoms with Crippen molar-refractivity contribution in [1.29, 1.82) is 0 Å². The number of anilines is 1. The molecule has 152 valence electrons. The molecule has 0 aliphatic carbocycles. The number of nitrogens with zero attached hydrogens (tertiary/aromatic N) is 4. The normalized spacial score (nSPS) is 15.9. The quantitative estimate of drug-likeness (QED) is 0.644. The van der Waals surface area contributed by atoms with E-state index in [2.05, 4.69) is 23.1 Å². The Morgan fingerprint density at radius 2 is 1.66 bits per heavy atom. The van der Waals surface area contributed by atoms with E-state index in [1.807, 2.05) is 36.4 Å². The van der Waals surface area contributed by atoms with Crippen molar-refractivity contribution in [1.82, 2.24) is 14.3 Å². The predicted molar refractivity (Wildman–Crippen MR) is 117 cm³/mol. The first-order valence-corrected chi connectivity index (χ1v) is 11.6. The van der Waals surface area contributed by atoms with Gasteiger partial charge in [-0.2, -0.15) is 0 Å². The van der Waals surface area contributed by atoms with Gasteiger partial charge in [0.15, 0.2) is 0 Å². The van der Waals surface area contributed by atoms with Gasteiger partial charge in [0.1, 0.15) is 0 Å². The highest BCUT2D eigenvalue weighted by atomic mass is 32.2. The Hall–Kier alpha value is -2.51. The summed E-state index contributed by atoms with van der Waals surface area (Å²) in [5.41, 5.74) is 2.92. The average Bonchev–Trinajstić information content (AvgIpc) is 2.78. The molecule has 0 unspecified atom stereocenters. The Balaban J connectivity index is 1.63. The van der Waals surface area contributed by atoms with Crippen molar-refractivity contribution < 1.29 is 8.42 Å². The fourth-order valence-electron chi connectivity index (χ4n) is 3.88. The zero-order chi connectivity index (χ0) is 20.4. The van der Waals surface area contributed by atoms with E-state index in [4.69, 9.17) is 9.97 Å². The van der Waals surface area contributed by atoms with Crippen LogP contribution in [0.3, 0.4) is 0 Å². The number of para-hydroxylation sites is 1. The topological polar surface area (TPSA) is 66.4 Å². The maximum absolute atomic E-state index is 12.2. The molecule has 3 aromatic rings. The maximum atomic E-state index is 12.2. The Morgan fingerprint density at radius 3 is 2.34 bits per heavy atom. The summed E-state index contributed by atoms with van der Waals surface area (Å²) in [5, 5.41) is 1.03. The van der Waals surface area contributed by atoms with Gasteiger partial charge in [0.05, 0.1) is 17.0 Å². The van der Waals surface area contributed by atoms with Gasteiger partial charge in [-0.1, -0.05) is 48.5 Å². The van der Waals surface area contributed by atoms with E-state index >= 15 is 0 Å². The number of benzene rings is 2. The highest BCUT2D eigenvalue weighted by molar-refractivity contribution is 7.89. The third-order valence-electron chi connectivity index (χ3n) is 5.70. The molecule has 1 fully saturated rings. The molecule has 2 aromatic carbocycles. The van der Waals surface area contributed by atoms with E-state index in [1.54, 1.807) is 18.3 Å². The summed E-state index contributed by atoms with van der Waals surface area (Å²) in [6, 6.07) is 18.3. The van der Waals surface area contributed by atoms with Crippen LogP contribution < -0.4 is 4.90 Å². The van der Waals surface area contributed by atoms with Crippen LogP contribution in [0.15, 0.2) is 54.6 Å². The summed E-state index contributed by atoms with van der Waals surface area (Å²) >= 11 is 0. The molecular weight excluding hydrogens is 384 g/mol. The zero-order valence-corrected chi connectivity index (χ0v) is 17.6. The van der Waals surface area contributed by atoms with Crippen LogP contribution in [0.25, 0.3) is 22.2 Å². The fraction of sp³-hybridized carbons (Fsp3) is 0.364. The average molecular weight is 411 g/mol. The van der Waals surface area contributed by atoms with Crippen molar-refractivity contribution in [2.75, 3.05) is 30.8 Å². The van der Waals surface area contributed by atoms with Gasteiger partial charge in [0.2, 0.25) is 16.0 Å². The molecule has 6 nitrogen and oxygen atoms in total. The van der Waals surface area contributed by atoms with Crippen LogP contribution in [0.1, 0.15) is 19.8 Å². The molecule has 7 heteroatoms. The van der Waals surface area contributed by atoms with Crippen molar-refractivity contribution in [3.63, 3.8) is 0 Å². The van der Waals surface area contributed by atoms with E-state index in [0.29, 0.717) is 5.95 Å². The second-order valence-electron chi connectivity index (χ2n) is 7.39. The van der Waals surface area contributed by atoms with Crippen LogP contribution >= 0.6 is 0 Å². The molecular formula is C22H26N4O2S. The molecule has 0 atom stereocenters. The highest BCUT2D eigenvalue weighted by Crippen LogP contribution is 2.29. The lowest BCUT2D eigenvalue weighted by molar-refractivity contribution is 0.311. The zero-order valence-electron chi connectivity index (χ0n) is 16.8. The van der Waals surface area contributed by atoms with Crippen molar-refractivity contribution in [3.8, 4) is 11.3 Å². The summed E-state index contributed by atoms with van der Waals surface area (Å²) in [4.78, 5) is 11.9. The predicted octanol–water partition coefficient (Wildman–Crippen LogP) is 3.55. The van der Waals surface area contributed by atoms with E-state index in [-0.39, 0.29) is 11.8 Å². The fourth-order valence-corrected chi connectivity index (χ4v) is 4.95. The Kier molecular flexibility index (Phi) is 5.52. The first kappa shape index (κ1) is 19.8. The van der Waals surface area contributed by atoms with E-state index < -0.39 is 10.0 Å². The maximum Gasteiger partial charge on any atom is 0.226 e. The molecule has 0 saturated carbocycles. The molecule has 0 spiro atoms. The van der Waals surface area contributed by atoms with Crippen LogP contribution in [0.4, 0.5) is 5.95 Å². The highest BCUT2D eigenvalue weighted by Gasteiger charge is 2.29. The van der Waals surface area contributed by atoms with Gasteiger partial charge in [-0.3, -0.25) is 0 Å². The second kappa shape index (κ2) is 8.08. The first-order valence-electron chi connectivity index (χ1n) is 10.0. The summed E-state index contributed by atoms with van der Waals surface area (Å²) in [6.45, 7) is 3.16. The summed E-state index contributed by atoms with van der Waals surface area (Å²) < 4.78 is 25.9. The lowest BCUT2D eigenvalue weighted by Crippen LogP contribution is -2.46. The summed E-state index contributed by atoms with van der Waals surface area (Å²) in [6.07, 6.45) is 1.54. The van der Waals surface area contributed by atoms with Crippen LogP contribution in [-0.2, 0) is 10.0 Å².